The zero-order valence-electron chi connectivity index (χ0n) is 18.6. The van der Waals surface area contributed by atoms with Gasteiger partial charge < -0.3 is 10.1 Å². The molecule has 0 aliphatic carbocycles. The summed E-state index contributed by atoms with van der Waals surface area (Å²) in [6, 6.07) is 15.5. The van der Waals surface area contributed by atoms with E-state index in [1.54, 1.807) is 4.68 Å². The molecule has 168 valence electrons. The maximum Gasteiger partial charge on any atom is 0.270 e. The SMILES string of the molecule is Cc1ccc(C)c(-n2nc(-c3ccccc3Cl)cc2C(=O)NCCCN2CCOCC2)c1. The van der Waals surface area contributed by atoms with E-state index in [-0.39, 0.29) is 5.91 Å². The van der Waals surface area contributed by atoms with Gasteiger partial charge in [0.05, 0.1) is 29.6 Å². The lowest BCUT2D eigenvalue weighted by molar-refractivity contribution is 0.0374. The molecule has 1 saturated heterocycles. The van der Waals surface area contributed by atoms with Gasteiger partial charge in [-0.05, 0) is 56.1 Å². The molecule has 32 heavy (non-hydrogen) atoms. The highest BCUT2D eigenvalue weighted by molar-refractivity contribution is 6.33. The van der Waals surface area contributed by atoms with Crippen molar-refractivity contribution in [3.8, 4) is 16.9 Å². The van der Waals surface area contributed by atoms with Crippen molar-refractivity contribution in [3.05, 3.63) is 70.4 Å². The highest BCUT2D eigenvalue weighted by Gasteiger charge is 2.20. The van der Waals surface area contributed by atoms with E-state index in [9.17, 15) is 4.79 Å². The number of carbonyl (C=O) groups excluding carboxylic acids is 1. The van der Waals surface area contributed by atoms with Crippen LogP contribution in [0.2, 0.25) is 5.02 Å². The quantitative estimate of drug-likeness (QED) is 0.544. The van der Waals surface area contributed by atoms with Crippen LogP contribution in [0.3, 0.4) is 0 Å². The summed E-state index contributed by atoms with van der Waals surface area (Å²) in [7, 11) is 0. The molecule has 0 unspecified atom stereocenters. The van der Waals surface area contributed by atoms with Crippen LogP contribution in [-0.4, -0.2) is 60.0 Å². The Labute approximate surface area is 194 Å². The number of benzene rings is 2. The third-order valence-corrected chi connectivity index (χ3v) is 6.05. The number of rotatable bonds is 7. The van der Waals surface area contributed by atoms with Gasteiger partial charge in [0, 0.05) is 25.2 Å². The average Bonchev–Trinajstić information content (AvgIpc) is 3.24. The molecule has 4 rings (SSSR count). The van der Waals surface area contributed by atoms with Crippen LogP contribution in [0.15, 0.2) is 48.5 Å². The van der Waals surface area contributed by atoms with Gasteiger partial charge in [0.25, 0.3) is 5.91 Å². The average molecular weight is 453 g/mol. The van der Waals surface area contributed by atoms with Gasteiger partial charge in [0.2, 0.25) is 0 Å². The van der Waals surface area contributed by atoms with Gasteiger partial charge in [-0.3, -0.25) is 9.69 Å². The lowest BCUT2D eigenvalue weighted by Crippen LogP contribution is -2.38. The Kier molecular flexibility index (Phi) is 7.25. The molecule has 6 nitrogen and oxygen atoms in total. The molecule has 3 aromatic rings. The number of morpholine rings is 1. The van der Waals surface area contributed by atoms with Crippen LogP contribution >= 0.6 is 11.6 Å². The van der Waals surface area contributed by atoms with E-state index in [1.807, 2.05) is 56.3 Å². The molecule has 1 N–H and O–H groups in total. The molecule has 7 heteroatoms. The number of hydrogen-bond acceptors (Lipinski definition) is 4. The van der Waals surface area contributed by atoms with E-state index in [0.717, 1.165) is 61.6 Å². The summed E-state index contributed by atoms with van der Waals surface area (Å²) in [5, 5.41) is 8.46. The second kappa shape index (κ2) is 10.3. The number of nitrogens with zero attached hydrogens (tertiary/aromatic N) is 3. The Hall–Kier alpha value is -2.67. The summed E-state index contributed by atoms with van der Waals surface area (Å²) in [6.07, 6.45) is 0.890. The largest absolute Gasteiger partial charge is 0.379 e. The maximum absolute atomic E-state index is 13.2. The minimum absolute atomic E-state index is 0.140. The van der Waals surface area contributed by atoms with Gasteiger partial charge >= 0.3 is 0 Å². The van der Waals surface area contributed by atoms with Gasteiger partial charge in [-0.1, -0.05) is 41.9 Å². The third-order valence-electron chi connectivity index (χ3n) is 5.73. The Morgan fingerprint density at radius 1 is 1.12 bits per heavy atom. The highest BCUT2D eigenvalue weighted by Crippen LogP contribution is 2.29. The van der Waals surface area contributed by atoms with Gasteiger partial charge in [0.15, 0.2) is 0 Å². The fraction of sp³-hybridized carbons (Fsp3) is 0.360. The summed E-state index contributed by atoms with van der Waals surface area (Å²) in [5.74, 6) is -0.140. The van der Waals surface area contributed by atoms with Crippen LogP contribution in [0, 0.1) is 13.8 Å². The Bertz CT molecular complexity index is 1090. The second-order valence-corrected chi connectivity index (χ2v) is 8.57. The van der Waals surface area contributed by atoms with Crippen LogP contribution in [0.1, 0.15) is 28.0 Å². The number of halogens is 1. The zero-order chi connectivity index (χ0) is 22.5. The molecular formula is C25H29ClN4O2. The molecular weight excluding hydrogens is 424 g/mol. The van der Waals surface area contributed by atoms with Crippen LogP contribution in [0.4, 0.5) is 0 Å². The normalized spacial score (nSPS) is 14.5. The zero-order valence-corrected chi connectivity index (χ0v) is 19.4. The number of aryl methyl sites for hydroxylation is 2. The summed E-state index contributed by atoms with van der Waals surface area (Å²) >= 11 is 6.42. The van der Waals surface area contributed by atoms with E-state index in [2.05, 4.69) is 16.3 Å². The van der Waals surface area contributed by atoms with Crippen molar-refractivity contribution in [1.29, 1.82) is 0 Å². The first-order valence-corrected chi connectivity index (χ1v) is 11.4. The predicted octanol–water partition coefficient (Wildman–Crippen LogP) is 4.26. The van der Waals surface area contributed by atoms with Crippen LogP contribution < -0.4 is 5.32 Å². The summed E-state index contributed by atoms with van der Waals surface area (Å²) in [4.78, 5) is 15.5. The lowest BCUT2D eigenvalue weighted by atomic mass is 10.1. The molecule has 1 fully saturated rings. The summed E-state index contributed by atoms with van der Waals surface area (Å²) in [5.41, 5.74) is 5.03. The standard InChI is InChI=1S/C25H29ClN4O2/c1-18-8-9-19(2)23(16-18)30-24(17-22(28-30)20-6-3-4-7-21(20)26)25(31)27-10-5-11-29-12-14-32-15-13-29/h3-4,6-9,16-17H,5,10-15H2,1-2H3,(H,27,31). The number of hydrogen-bond donors (Lipinski definition) is 1. The van der Waals surface area contributed by atoms with E-state index in [0.29, 0.717) is 23.0 Å². The Morgan fingerprint density at radius 2 is 1.91 bits per heavy atom. The molecule has 2 heterocycles. The molecule has 1 aliphatic rings. The molecule has 1 aromatic heterocycles. The molecule has 0 saturated carbocycles. The van der Waals surface area contributed by atoms with Crippen molar-refractivity contribution in [2.75, 3.05) is 39.4 Å². The lowest BCUT2D eigenvalue weighted by Gasteiger charge is -2.26. The second-order valence-electron chi connectivity index (χ2n) is 8.16. The van der Waals surface area contributed by atoms with Crippen molar-refractivity contribution in [2.45, 2.75) is 20.3 Å². The first kappa shape index (κ1) is 22.5. The van der Waals surface area contributed by atoms with Crippen molar-refractivity contribution in [2.24, 2.45) is 0 Å². The highest BCUT2D eigenvalue weighted by atomic mass is 35.5. The molecule has 0 radical (unpaired) electrons. The van der Waals surface area contributed by atoms with E-state index >= 15 is 0 Å². The Morgan fingerprint density at radius 3 is 2.69 bits per heavy atom. The van der Waals surface area contributed by atoms with E-state index in [1.165, 1.54) is 0 Å². The van der Waals surface area contributed by atoms with Gasteiger partial charge in [-0.25, -0.2) is 4.68 Å². The van der Waals surface area contributed by atoms with Crippen LogP contribution in [0.25, 0.3) is 16.9 Å². The van der Waals surface area contributed by atoms with Gasteiger partial charge in [0.1, 0.15) is 5.69 Å². The van der Waals surface area contributed by atoms with Gasteiger partial charge in [-0.15, -0.1) is 0 Å². The predicted molar refractivity (Wildman–Crippen MR) is 128 cm³/mol. The first-order chi connectivity index (χ1) is 15.5. The van der Waals surface area contributed by atoms with E-state index in [4.69, 9.17) is 21.4 Å². The van der Waals surface area contributed by atoms with Crippen molar-refractivity contribution in [1.82, 2.24) is 20.0 Å². The molecule has 0 atom stereocenters. The van der Waals surface area contributed by atoms with Crippen LogP contribution in [0.5, 0.6) is 0 Å². The minimum Gasteiger partial charge on any atom is -0.379 e. The summed E-state index contributed by atoms with van der Waals surface area (Å²) < 4.78 is 7.13. The summed E-state index contributed by atoms with van der Waals surface area (Å²) in [6.45, 7) is 9.09. The monoisotopic (exact) mass is 452 g/mol. The fourth-order valence-electron chi connectivity index (χ4n) is 3.89. The molecule has 0 spiro atoms. The fourth-order valence-corrected chi connectivity index (χ4v) is 4.13. The third kappa shape index (κ3) is 5.21. The van der Waals surface area contributed by atoms with Crippen molar-refractivity contribution < 1.29 is 9.53 Å². The Balaban J connectivity index is 1.57. The van der Waals surface area contributed by atoms with Crippen LogP contribution in [-0.2, 0) is 4.74 Å². The first-order valence-electron chi connectivity index (χ1n) is 11.0. The number of nitrogens with one attached hydrogen (secondary N) is 1. The maximum atomic E-state index is 13.2. The number of amides is 1. The van der Waals surface area contributed by atoms with E-state index < -0.39 is 0 Å². The van der Waals surface area contributed by atoms with Crippen molar-refractivity contribution >= 4 is 17.5 Å². The van der Waals surface area contributed by atoms with Gasteiger partial charge in [-0.2, -0.15) is 5.10 Å². The molecule has 2 aromatic carbocycles. The van der Waals surface area contributed by atoms with Crippen molar-refractivity contribution in [3.63, 3.8) is 0 Å². The molecule has 1 amide bonds. The number of aromatic nitrogens is 2. The minimum atomic E-state index is -0.140. The topological polar surface area (TPSA) is 59.4 Å². The molecule has 1 aliphatic heterocycles. The molecule has 0 bridgehead atoms. The number of ether oxygens (including phenoxy) is 1. The number of carbonyl (C=O) groups is 1. The smallest absolute Gasteiger partial charge is 0.270 e.